The van der Waals surface area contributed by atoms with E-state index in [0.29, 0.717) is 22.3 Å². The van der Waals surface area contributed by atoms with E-state index < -0.39 is 29.9 Å². The largest absolute Gasteiger partial charge is 0.416 e. The molecule has 0 aliphatic rings. The second kappa shape index (κ2) is 10.2. The first-order valence-electron chi connectivity index (χ1n) is 9.94. The van der Waals surface area contributed by atoms with Crippen LogP contribution in [0.25, 0.3) is 10.9 Å². The van der Waals surface area contributed by atoms with Crippen LogP contribution in [0.15, 0.2) is 34.8 Å². The number of benzene rings is 2. The van der Waals surface area contributed by atoms with E-state index in [2.05, 4.69) is 36.5 Å². The molecule has 0 amide bonds. The van der Waals surface area contributed by atoms with Crippen LogP contribution in [-0.4, -0.2) is 37.0 Å². The molecule has 0 bridgehead atoms. The fraction of sp³-hybridized carbons (Fsp3) is 0.364. The number of anilines is 2. The third-order valence-electron chi connectivity index (χ3n) is 5.19. The number of methoxy groups -OCH3 is 2. The highest BCUT2D eigenvalue weighted by atomic mass is 79.9. The highest BCUT2D eigenvalue weighted by Crippen LogP contribution is 2.36. The Hall–Kier alpha value is -2.50. The number of hydrogen-bond acceptors (Lipinski definition) is 6. The predicted octanol–water partition coefficient (Wildman–Crippen LogP) is 6.06. The van der Waals surface area contributed by atoms with Crippen LogP contribution in [-0.2, 0) is 15.7 Å². The van der Waals surface area contributed by atoms with Gasteiger partial charge >= 0.3 is 6.18 Å². The quantitative estimate of drug-likeness (QED) is 0.272. The zero-order valence-corrected chi connectivity index (χ0v) is 19.9. The summed E-state index contributed by atoms with van der Waals surface area (Å²) in [6.45, 7) is 3.39. The molecular weight excluding hydrogens is 508 g/mol. The van der Waals surface area contributed by atoms with Gasteiger partial charge in [-0.05, 0) is 53.0 Å². The lowest BCUT2D eigenvalue weighted by atomic mass is 9.97. The summed E-state index contributed by atoms with van der Waals surface area (Å²) in [5.41, 5.74) is 0.205. The standard InChI is InChI=1S/C22H23BrF4N4O2/c1-11-13(6-5-7-15(11)22(25,26)27)12(2)29-20-14-8-16(23)17(24)9-18(14)30-21(31-20)28-10-19(32-3)33-4/h5-9,12,19H,10H2,1-4H3,(H2,28,29,30,31)/t12-/m1/s1. The minimum Gasteiger partial charge on any atom is -0.363 e. The van der Waals surface area contributed by atoms with Gasteiger partial charge in [-0.15, -0.1) is 0 Å². The highest BCUT2D eigenvalue weighted by Gasteiger charge is 2.33. The first-order valence-corrected chi connectivity index (χ1v) is 10.7. The normalized spacial score (nSPS) is 12.9. The third-order valence-corrected chi connectivity index (χ3v) is 5.80. The minimum absolute atomic E-state index is 0.122. The molecule has 2 N–H and O–H groups in total. The van der Waals surface area contributed by atoms with Crippen LogP contribution in [0.2, 0.25) is 0 Å². The topological polar surface area (TPSA) is 68.3 Å². The van der Waals surface area contributed by atoms with E-state index in [0.717, 1.165) is 6.07 Å². The molecule has 33 heavy (non-hydrogen) atoms. The van der Waals surface area contributed by atoms with E-state index >= 15 is 0 Å². The number of halogens is 5. The second-order valence-electron chi connectivity index (χ2n) is 7.34. The van der Waals surface area contributed by atoms with Crippen LogP contribution >= 0.6 is 15.9 Å². The maximum atomic E-state index is 14.2. The van der Waals surface area contributed by atoms with Crippen molar-refractivity contribution in [3.8, 4) is 0 Å². The summed E-state index contributed by atoms with van der Waals surface area (Å²) < 4.78 is 64.7. The molecule has 0 unspecified atom stereocenters. The number of alkyl halides is 3. The Balaban J connectivity index is 2.01. The van der Waals surface area contributed by atoms with Crippen LogP contribution in [0, 0.1) is 12.7 Å². The molecule has 1 heterocycles. The van der Waals surface area contributed by atoms with Crippen LogP contribution in [0.5, 0.6) is 0 Å². The number of hydrogen-bond donors (Lipinski definition) is 2. The van der Waals surface area contributed by atoms with Gasteiger partial charge < -0.3 is 20.1 Å². The van der Waals surface area contributed by atoms with Crippen LogP contribution in [0.3, 0.4) is 0 Å². The average molecular weight is 531 g/mol. The molecule has 1 aromatic heterocycles. The van der Waals surface area contributed by atoms with Crippen LogP contribution < -0.4 is 10.6 Å². The molecular formula is C22H23BrF4N4O2. The van der Waals surface area contributed by atoms with E-state index in [1.165, 1.54) is 39.3 Å². The van der Waals surface area contributed by atoms with E-state index in [1.54, 1.807) is 13.0 Å². The van der Waals surface area contributed by atoms with Gasteiger partial charge in [-0.3, -0.25) is 0 Å². The molecule has 11 heteroatoms. The Bertz CT molecular complexity index is 1140. The van der Waals surface area contributed by atoms with E-state index in [9.17, 15) is 17.6 Å². The molecule has 0 spiro atoms. The average Bonchev–Trinajstić information content (AvgIpc) is 2.75. The Morgan fingerprint density at radius 3 is 2.45 bits per heavy atom. The number of rotatable bonds is 8. The number of nitrogens with one attached hydrogen (secondary N) is 2. The fourth-order valence-electron chi connectivity index (χ4n) is 3.46. The second-order valence-corrected chi connectivity index (χ2v) is 8.20. The summed E-state index contributed by atoms with van der Waals surface area (Å²) in [6, 6.07) is 6.29. The lowest BCUT2D eigenvalue weighted by Gasteiger charge is -2.21. The summed E-state index contributed by atoms with van der Waals surface area (Å²) in [4.78, 5) is 8.81. The molecule has 0 radical (unpaired) electrons. The Morgan fingerprint density at radius 1 is 1.12 bits per heavy atom. The van der Waals surface area contributed by atoms with Crippen molar-refractivity contribution in [1.29, 1.82) is 0 Å². The van der Waals surface area contributed by atoms with Gasteiger partial charge in [-0.1, -0.05) is 12.1 Å². The van der Waals surface area contributed by atoms with E-state index in [1.807, 2.05) is 0 Å². The Kier molecular flexibility index (Phi) is 7.76. The summed E-state index contributed by atoms with van der Waals surface area (Å²) in [6.07, 6.45) is -5.02. The Labute approximate surface area is 196 Å². The number of fused-ring (bicyclic) bond motifs is 1. The first kappa shape index (κ1) is 25.1. The lowest BCUT2D eigenvalue weighted by molar-refractivity contribution is -0.138. The summed E-state index contributed by atoms with van der Waals surface area (Å²) in [5, 5.41) is 6.63. The van der Waals surface area contributed by atoms with Crippen molar-refractivity contribution in [3.63, 3.8) is 0 Å². The number of ether oxygens (including phenoxy) is 2. The van der Waals surface area contributed by atoms with Crippen molar-refractivity contribution in [1.82, 2.24) is 9.97 Å². The molecule has 3 rings (SSSR count). The molecule has 6 nitrogen and oxygen atoms in total. The maximum Gasteiger partial charge on any atom is 0.416 e. The van der Waals surface area contributed by atoms with E-state index in [4.69, 9.17) is 9.47 Å². The monoisotopic (exact) mass is 530 g/mol. The van der Waals surface area contributed by atoms with Gasteiger partial charge in [0.15, 0.2) is 6.29 Å². The van der Waals surface area contributed by atoms with Gasteiger partial charge in [0.2, 0.25) is 5.95 Å². The van der Waals surface area contributed by atoms with E-state index in [-0.39, 0.29) is 22.5 Å². The highest BCUT2D eigenvalue weighted by molar-refractivity contribution is 9.10. The fourth-order valence-corrected chi connectivity index (χ4v) is 3.81. The van der Waals surface area contributed by atoms with Gasteiger partial charge in [0.05, 0.1) is 28.1 Å². The molecule has 0 aliphatic carbocycles. The third kappa shape index (κ3) is 5.71. The predicted molar refractivity (Wildman–Crippen MR) is 122 cm³/mol. The van der Waals surface area contributed by atoms with Crippen molar-refractivity contribution >= 4 is 38.6 Å². The molecule has 0 aliphatic heterocycles. The van der Waals surface area contributed by atoms with Gasteiger partial charge in [0.1, 0.15) is 11.6 Å². The molecule has 178 valence electrons. The zero-order valence-electron chi connectivity index (χ0n) is 18.3. The van der Waals surface area contributed by atoms with Gasteiger partial charge in [-0.25, -0.2) is 9.37 Å². The molecule has 2 aromatic carbocycles. The maximum absolute atomic E-state index is 14.2. The number of aromatic nitrogens is 2. The van der Waals surface area contributed by atoms with Gasteiger partial charge in [0.25, 0.3) is 0 Å². The molecule has 1 atom stereocenters. The van der Waals surface area contributed by atoms with Gasteiger partial charge in [0, 0.05) is 25.7 Å². The van der Waals surface area contributed by atoms with Crippen molar-refractivity contribution in [2.24, 2.45) is 0 Å². The van der Waals surface area contributed by atoms with Crippen molar-refractivity contribution in [2.75, 3.05) is 31.4 Å². The number of nitrogens with zero attached hydrogens (tertiary/aromatic N) is 2. The minimum atomic E-state index is -4.46. The Morgan fingerprint density at radius 2 is 1.82 bits per heavy atom. The first-order chi connectivity index (χ1) is 15.5. The molecule has 3 aromatic rings. The summed E-state index contributed by atoms with van der Waals surface area (Å²) in [7, 11) is 2.96. The molecule has 0 fully saturated rings. The van der Waals surface area contributed by atoms with Gasteiger partial charge in [-0.2, -0.15) is 18.2 Å². The van der Waals surface area contributed by atoms with Crippen molar-refractivity contribution in [3.05, 3.63) is 57.3 Å². The smallest absolute Gasteiger partial charge is 0.363 e. The van der Waals surface area contributed by atoms with Crippen molar-refractivity contribution in [2.45, 2.75) is 32.4 Å². The van der Waals surface area contributed by atoms with Crippen molar-refractivity contribution < 1.29 is 27.0 Å². The van der Waals surface area contributed by atoms with Crippen LogP contribution in [0.4, 0.5) is 29.3 Å². The summed E-state index contributed by atoms with van der Waals surface area (Å²) in [5.74, 6) is 0.00390. The SMILES string of the molecule is COC(CNc1nc(N[C@H](C)c2cccc(C(F)(F)F)c2C)c2cc(Br)c(F)cc2n1)OC. The summed E-state index contributed by atoms with van der Waals surface area (Å²) >= 11 is 3.16. The lowest BCUT2D eigenvalue weighted by Crippen LogP contribution is -2.24. The molecule has 0 saturated heterocycles. The van der Waals surface area contributed by atoms with Crippen LogP contribution in [0.1, 0.15) is 29.7 Å². The zero-order chi connectivity index (χ0) is 24.3. The molecule has 0 saturated carbocycles.